The molecule has 0 bridgehead atoms. The first kappa shape index (κ1) is 7.42. The number of nitrogens with one attached hydrogen (secondary N) is 1. The molecule has 0 unspecified atom stereocenters. The number of dihydropyridines is 1. The molecule has 0 saturated heterocycles. The molecule has 0 saturated carbocycles. The zero-order valence-corrected chi connectivity index (χ0v) is 6.92. The molecule has 0 aliphatic carbocycles. The van der Waals surface area contributed by atoms with E-state index in [1.54, 1.807) is 6.20 Å². The smallest absolute Gasteiger partial charge is 0.0598 e. The van der Waals surface area contributed by atoms with E-state index in [2.05, 4.69) is 11.9 Å². The van der Waals surface area contributed by atoms with Gasteiger partial charge in [0, 0.05) is 11.9 Å². The van der Waals surface area contributed by atoms with E-state index in [0.717, 1.165) is 21.9 Å². The molecule has 0 aromatic heterocycles. The maximum Gasteiger partial charge on any atom is 0.0598 e. The molecule has 1 aliphatic rings. The quantitative estimate of drug-likeness (QED) is 0.567. The summed E-state index contributed by atoms with van der Waals surface area (Å²) in [5.74, 6) is 0. The highest BCUT2D eigenvalue weighted by molar-refractivity contribution is 6.32. The standard InChI is InChI=1S/C8H10ClN/c1-5-6(2)8(9)4-10-7(5)3/h4,10H,3H2,1-2H3. The summed E-state index contributed by atoms with van der Waals surface area (Å²) in [5, 5.41) is 3.73. The lowest BCUT2D eigenvalue weighted by Crippen LogP contribution is -2.11. The normalized spacial score (nSPS) is 18.7. The van der Waals surface area contributed by atoms with E-state index in [1.807, 2.05) is 13.8 Å². The van der Waals surface area contributed by atoms with Crippen molar-refractivity contribution in [1.29, 1.82) is 0 Å². The lowest BCUT2D eigenvalue weighted by atomic mass is 10.1. The van der Waals surface area contributed by atoms with Gasteiger partial charge in [0.15, 0.2) is 0 Å². The summed E-state index contributed by atoms with van der Waals surface area (Å²) < 4.78 is 0. The maximum absolute atomic E-state index is 5.83. The van der Waals surface area contributed by atoms with E-state index in [4.69, 9.17) is 11.6 Å². The highest BCUT2D eigenvalue weighted by Gasteiger charge is 2.08. The molecule has 0 radical (unpaired) electrons. The number of hydrogen-bond acceptors (Lipinski definition) is 1. The topological polar surface area (TPSA) is 12.0 Å². The minimum atomic E-state index is 0.768. The molecule has 1 N–H and O–H groups in total. The van der Waals surface area contributed by atoms with Crippen LogP contribution < -0.4 is 5.32 Å². The summed E-state index contributed by atoms with van der Waals surface area (Å²) in [5.41, 5.74) is 3.17. The highest BCUT2D eigenvalue weighted by Crippen LogP contribution is 2.24. The Labute approximate surface area is 66.1 Å². The van der Waals surface area contributed by atoms with Gasteiger partial charge in [0.05, 0.1) is 5.03 Å². The molecule has 0 amide bonds. The van der Waals surface area contributed by atoms with Crippen LogP contribution in [0.25, 0.3) is 0 Å². The van der Waals surface area contributed by atoms with Crippen LogP contribution in [-0.4, -0.2) is 0 Å². The molecule has 1 aliphatic heterocycles. The van der Waals surface area contributed by atoms with Crippen LogP contribution in [-0.2, 0) is 0 Å². The third kappa shape index (κ3) is 1.09. The van der Waals surface area contributed by atoms with E-state index in [1.165, 1.54) is 0 Å². The third-order valence-corrected chi connectivity index (χ3v) is 2.14. The van der Waals surface area contributed by atoms with Crippen molar-refractivity contribution in [2.45, 2.75) is 13.8 Å². The van der Waals surface area contributed by atoms with Gasteiger partial charge in [-0.25, -0.2) is 0 Å². The summed E-state index contributed by atoms with van der Waals surface area (Å²) in [6, 6.07) is 0. The monoisotopic (exact) mass is 155 g/mol. The molecule has 0 atom stereocenters. The van der Waals surface area contributed by atoms with Gasteiger partial charge in [-0.05, 0) is 25.0 Å². The van der Waals surface area contributed by atoms with Gasteiger partial charge in [-0.15, -0.1) is 0 Å². The third-order valence-electron chi connectivity index (χ3n) is 1.75. The first-order chi connectivity index (χ1) is 4.63. The Bertz CT molecular complexity index is 232. The van der Waals surface area contributed by atoms with Gasteiger partial charge in [-0.2, -0.15) is 0 Å². The van der Waals surface area contributed by atoms with Gasteiger partial charge in [-0.1, -0.05) is 18.2 Å². The van der Waals surface area contributed by atoms with Crippen LogP contribution in [0.15, 0.2) is 34.7 Å². The van der Waals surface area contributed by atoms with Gasteiger partial charge in [0.25, 0.3) is 0 Å². The molecule has 2 heteroatoms. The van der Waals surface area contributed by atoms with Crippen molar-refractivity contribution in [3.8, 4) is 0 Å². The van der Waals surface area contributed by atoms with Gasteiger partial charge in [-0.3, -0.25) is 0 Å². The molecular formula is C8H10ClN. The zero-order chi connectivity index (χ0) is 7.72. The second-order valence-corrected chi connectivity index (χ2v) is 2.77. The van der Waals surface area contributed by atoms with E-state index in [-0.39, 0.29) is 0 Å². The number of allylic oxidation sites excluding steroid dienone is 3. The van der Waals surface area contributed by atoms with Crippen LogP contribution in [0, 0.1) is 0 Å². The molecule has 1 heterocycles. The predicted molar refractivity (Wildman–Crippen MR) is 44.6 cm³/mol. The van der Waals surface area contributed by atoms with Crippen molar-refractivity contribution in [3.63, 3.8) is 0 Å². The summed E-state index contributed by atoms with van der Waals surface area (Å²) in [7, 11) is 0. The average molecular weight is 156 g/mol. The summed E-state index contributed by atoms with van der Waals surface area (Å²) in [6.07, 6.45) is 1.76. The largest absolute Gasteiger partial charge is 0.361 e. The first-order valence-electron chi connectivity index (χ1n) is 3.12. The van der Waals surface area contributed by atoms with Gasteiger partial charge >= 0.3 is 0 Å². The van der Waals surface area contributed by atoms with Crippen LogP contribution in [0.4, 0.5) is 0 Å². The predicted octanol–water partition coefficient (Wildman–Crippen LogP) is 2.52. The second-order valence-electron chi connectivity index (χ2n) is 2.37. The Hall–Kier alpha value is -0.690. The Morgan fingerprint density at radius 1 is 1.40 bits per heavy atom. The van der Waals surface area contributed by atoms with Crippen molar-refractivity contribution < 1.29 is 0 Å². The minimum absolute atomic E-state index is 0.768. The summed E-state index contributed by atoms with van der Waals surface area (Å²) in [4.78, 5) is 0. The van der Waals surface area contributed by atoms with Crippen molar-refractivity contribution in [2.75, 3.05) is 0 Å². The Morgan fingerprint density at radius 3 is 2.50 bits per heavy atom. The van der Waals surface area contributed by atoms with E-state index in [9.17, 15) is 0 Å². The zero-order valence-electron chi connectivity index (χ0n) is 6.16. The molecule has 1 rings (SSSR count). The van der Waals surface area contributed by atoms with Crippen LogP contribution in [0.1, 0.15) is 13.8 Å². The van der Waals surface area contributed by atoms with Gasteiger partial charge in [0.1, 0.15) is 0 Å². The lowest BCUT2D eigenvalue weighted by Gasteiger charge is -2.15. The summed E-state index contributed by atoms with van der Waals surface area (Å²) >= 11 is 5.83. The Balaban J connectivity index is 3.06. The second kappa shape index (κ2) is 2.51. The van der Waals surface area contributed by atoms with Crippen LogP contribution in [0.2, 0.25) is 0 Å². The van der Waals surface area contributed by atoms with Crippen LogP contribution in [0.5, 0.6) is 0 Å². The molecule has 54 valence electrons. The first-order valence-corrected chi connectivity index (χ1v) is 3.50. The lowest BCUT2D eigenvalue weighted by molar-refractivity contribution is 1.02. The van der Waals surface area contributed by atoms with Gasteiger partial charge < -0.3 is 5.32 Å². The van der Waals surface area contributed by atoms with Crippen LogP contribution >= 0.6 is 11.6 Å². The van der Waals surface area contributed by atoms with Crippen molar-refractivity contribution >= 4 is 11.6 Å². The number of rotatable bonds is 0. The fourth-order valence-electron chi connectivity index (χ4n) is 0.772. The van der Waals surface area contributed by atoms with Crippen molar-refractivity contribution in [2.24, 2.45) is 0 Å². The van der Waals surface area contributed by atoms with Crippen LogP contribution in [0.3, 0.4) is 0 Å². The Morgan fingerprint density at radius 2 is 2.00 bits per heavy atom. The maximum atomic E-state index is 5.83. The molecule has 1 nitrogen and oxygen atoms in total. The number of halogens is 1. The fourth-order valence-corrected chi connectivity index (χ4v) is 0.969. The molecular weight excluding hydrogens is 146 g/mol. The fraction of sp³-hybridized carbons (Fsp3) is 0.250. The van der Waals surface area contributed by atoms with E-state index in [0.29, 0.717) is 0 Å². The molecule has 10 heavy (non-hydrogen) atoms. The Kier molecular flexibility index (Phi) is 1.86. The van der Waals surface area contributed by atoms with Crippen molar-refractivity contribution in [1.82, 2.24) is 5.32 Å². The molecule has 0 spiro atoms. The minimum Gasteiger partial charge on any atom is -0.361 e. The molecule has 0 fully saturated rings. The summed E-state index contributed by atoms with van der Waals surface area (Å²) in [6.45, 7) is 7.79. The van der Waals surface area contributed by atoms with Gasteiger partial charge in [0.2, 0.25) is 0 Å². The average Bonchev–Trinajstić information content (AvgIpc) is 1.93. The highest BCUT2D eigenvalue weighted by atomic mass is 35.5. The number of hydrogen-bond donors (Lipinski definition) is 1. The molecule has 0 aromatic carbocycles. The SMILES string of the molecule is C=C1NC=C(Cl)C(C)=C1C. The van der Waals surface area contributed by atoms with Crippen molar-refractivity contribution in [3.05, 3.63) is 34.7 Å². The van der Waals surface area contributed by atoms with E-state index < -0.39 is 0 Å². The molecule has 0 aromatic rings. The van der Waals surface area contributed by atoms with E-state index >= 15 is 0 Å².